The molecular formula is C16H25N3O2. The molecule has 1 amide bonds. The van der Waals surface area contributed by atoms with Crippen LogP contribution < -0.4 is 15.4 Å². The van der Waals surface area contributed by atoms with Gasteiger partial charge in [0.25, 0.3) is 0 Å². The Hall–Kier alpha value is -1.75. The van der Waals surface area contributed by atoms with Gasteiger partial charge in [-0.05, 0) is 18.6 Å². The second-order valence-electron chi connectivity index (χ2n) is 5.41. The van der Waals surface area contributed by atoms with Crippen LogP contribution in [0.15, 0.2) is 24.3 Å². The molecule has 5 nitrogen and oxygen atoms in total. The van der Waals surface area contributed by atoms with E-state index < -0.39 is 0 Å². The second-order valence-corrected chi connectivity index (χ2v) is 5.41. The zero-order chi connectivity index (χ0) is 15.2. The maximum Gasteiger partial charge on any atom is 0.239 e. The van der Waals surface area contributed by atoms with Crippen LogP contribution in [0.3, 0.4) is 0 Å². The zero-order valence-corrected chi connectivity index (χ0v) is 12.9. The molecule has 1 saturated heterocycles. The van der Waals surface area contributed by atoms with Gasteiger partial charge < -0.3 is 20.3 Å². The van der Waals surface area contributed by atoms with E-state index in [2.05, 4.69) is 11.0 Å². The van der Waals surface area contributed by atoms with Crippen molar-refractivity contribution in [3.8, 4) is 5.75 Å². The maximum atomic E-state index is 12.2. The molecule has 0 aliphatic carbocycles. The normalized spacial score (nSPS) is 16.7. The number of hydrogen-bond donors (Lipinski definition) is 1. The van der Waals surface area contributed by atoms with E-state index >= 15 is 0 Å². The monoisotopic (exact) mass is 291 g/mol. The molecule has 0 unspecified atom stereocenters. The van der Waals surface area contributed by atoms with E-state index in [9.17, 15) is 4.79 Å². The number of benzene rings is 1. The van der Waals surface area contributed by atoms with Crippen LogP contribution in [0, 0.1) is 0 Å². The van der Waals surface area contributed by atoms with Crippen LogP contribution in [0.1, 0.15) is 19.8 Å². The Balaban J connectivity index is 1.92. The van der Waals surface area contributed by atoms with Crippen LogP contribution in [0.4, 0.5) is 5.69 Å². The molecule has 0 bridgehead atoms. The van der Waals surface area contributed by atoms with E-state index in [4.69, 9.17) is 10.5 Å². The van der Waals surface area contributed by atoms with Crippen LogP contribution in [-0.4, -0.2) is 50.1 Å². The second kappa shape index (κ2) is 7.31. The van der Waals surface area contributed by atoms with E-state index in [0.29, 0.717) is 0 Å². The van der Waals surface area contributed by atoms with Gasteiger partial charge in [0.15, 0.2) is 0 Å². The molecule has 1 aliphatic heterocycles. The molecule has 116 valence electrons. The van der Waals surface area contributed by atoms with Crippen LogP contribution >= 0.6 is 0 Å². The number of amides is 1. The Labute approximate surface area is 126 Å². The first-order valence-corrected chi connectivity index (χ1v) is 7.59. The number of ether oxygens (including phenoxy) is 1. The Morgan fingerprint density at radius 2 is 2.05 bits per heavy atom. The third kappa shape index (κ3) is 3.88. The lowest BCUT2D eigenvalue weighted by molar-refractivity contribution is -0.133. The highest BCUT2D eigenvalue weighted by atomic mass is 16.5. The number of carbonyl (C=O) groups excluding carboxylic acids is 1. The van der Waals surface area contributed by atoms with Gasteiger partial charge in [0.1, 0.15) is 5.75 Å². The minimum absolute atomic E-state index is 0.0853. The molecule has 21 heavy (non-hydrogen) atoms. The van der Waals surface area contributed by atoms with Crippen LogP contribution in [0.25, 0.3) is 0 Å². The minimum atomic E-state index is -0.349. The number of anilines is 1. The maximum absolute atomic E-state index is 12.2. The number of piperazine rings is 1. The molecular weight excluding hydrogens is 266 g/mol. The smallest absolute Gasteiger partial charge is 0.239 e. The Kier molecular flexibility index (Phi) is 5.44. The lowest BCUT2D eigenvalue weighted by atomic mass is 10.1. The van der Waals surface area contributed by atoms with Gasteiger partial charge in [0, 0.05) is 37.9 Å². The highest BCUT2D eigenvalue weighted by Gasteiger charge is 2.24. The average Bonchev–Trinajstić information content (AvgIpc) is 2.54. The fraction of sp³-hybridized carbons (Fsp3) is 0.562. The van der Waals surface area contributed by atoms with E-state index in [1.807, 2.05) is 30.0 Å². The van der Waals surface area contributed by atoms with Gasteiger partial charge in [-0.1, -0.05) is 19.4 Å². The number of hydrogen-bond acceptors (Lipinski definition) is 4. The summed E-state index contributed by atoms with van der Waals surface area (Å²) in [5, 5.41) is 0. The van der Waals surface area contributed by atoms with Crippen molar-refractivity contribution in [2.24, 2.45) is 5.73 Å². The van der Waals surface area contributed by atoms with Gasteiger partial charge in [-0.15, -0.1) is 0 Å². The molecule has 2 N–H and O–H groups in total. The Morgan fingerprint density at radius 1 is 1.33 bits per heavy atom. The third-order valence-corrected chi connectivity index (χ3v) is 3.93. The third-order valence-electron chi connectivity index (χ3n) is 3.93. The fourth-order valence-electron chi connectivity index (χ4n) is 2.66. The summed E-state index contributed by atoms with van der Waals surface area (Å²) in [7, 11) is 1.67. The van der Waals surface area contributed by atoms with Crippen molar-refractivity contribution in [3.63, 3.8) is 0 Å². The summed E-state index contributed by atoms with van der Waals surface area (Å²) in [6.07, 6.45) is 1.70. The number of nitrogens with two attached hydrogens (primary N) is 1. The first-order chi connectivity index (χ1) is 10.2. The lowest BCUT2D eigenvalue weighted by Crippen LogP contribution is -2.53. The molecule has 5 heteroatoms. The number of methoxy groups -OCH3 is 1. The number of carbonyl (C=O) groups is 1. The summed E-state index contributed by atoms with van der Waals surface area (Å²) in [5.74, 6) is 0.943. The van der Waals surface area contributed by atoms with Gasteiger partial charge in [0.2, 0.25) is 5.91 Å². The summed E-state index contributed by atoms with van der Waals surface area (Å²) < 4.78 is 5.26. The Bertz CT molecular complexity index is 470. The van der Waals surface area contributed by atoms with Gasteiger partial charge >= 0.3 is 0 Å². The average molecular weight is 291 g/mol. The number of nitrogens with zero attached hydrogens (tertiary/aromatic N) is 2. The number of rotatable bonds is 5. The molecule has 1 fully saturated rings. The quantitative estimate of drug-likeness (QED) is 0.892. The molecule has 2 rings (SSSR count). The lowest BCUT2D eigenvalue weighted by Gasteiger charge is -2.37. The first-order valence-electron chi connectivity index (χ1n) is 7.59. The van der Waals surface area contributed by atoms with Crippen molar-refractivity contribution in [3.05, 3.63) is 24.3 Å². The molecule has 1 aromatic rings. The SMILES string of the molecule is CCC[C@H](N)C(=O)N1CCN(c2cccc(OC)c2)CC1. The standard InChI is InChI=1S/C16H25N3O2/c1-3-5-15(17)16(20)19-10-8-18(9-11-19)13-6-4-7-14(12-13)21-2/h4,6-7,12,15H,3,5,8-11,17H2,1-2H3/t15-/m0/s1. The van der Waals surface area contributed by atoms with Crippen LogP contribution in [-0.2, 0) is 4.79 Å². The zero-order valence-electron chi connectivity index (χ0n) is 12.9. The molecule has 0 aromatic heterocycles. The summed E-state index contributed by atoms with van der Waals surface area (Å²) in [6.45, 7) is 5.17. The molecule has 0 radical (unpaired) electrons. The highest BCUT2D eigenvalue weighted by Crippen LogP contribution is 2.22. The van der Waals surface area contributed by atoms with E-state index in [0.717, 1.165) is 50.5 Å². The summed E-state index contributed by atoms with van der Waals surface area (Å²) in [5.41, 5.74) is 7.06. The molecule has 1 aromatic carbocycles. The molecule has 1 atom stereocenters. The predicted octanol–water partition coefficient (Wildman–Crippen LogP) is 1.47. The van der Waals surface area contributed by atoms with Gasteiger partial charge in [-0.2, -0.15) is 0 Å². The van der Waals surface area contributed by atoms with Crippen molar-refractivity contribution in [2.75, 3.05) is 38.2 Å². The molecule has 1 aliphatic rings. The van der Waals surface area contributed by atoms with Gasteiger partial charge in [-0.25, -0.2) is 0 Å². The summed E-state index contributed by atoms with van der Waals surface area (Å²) >= 11 is 0. The van der Waals surface area contributed by atoms with Crippen LogP contribution in [0.2, 0.25) is 0 Å². The predicted molar refractivity (Wildman–Crippen MR) is 84.7 cm³/mol. The van der Waals surface area contributed by atoms with Crippen LogP contribution in [0.5, 0.6) is 5.75 Å². The van der Waals surface area contributed by atoms with Crippen molar-refractivity contribution < 1.29 is 9.53 Å². The van der Waals surface area contributed by atoms with Crippen molar-refractivity contribution in [2.45, 2.75) is 25.8 Å². The van der Waals surface area contributed by atoms with Crippen molar-refractivity contribution in [1.82, 2.24) is 4.90 Å². The fourth-order valence-corrected chi connectivity index (χ4v) is 2.66. The molecule has 0 spiro atoms. The highest BCUT2D eigenvalue weighted by molar-refractivity contribution is 5.81. The van der Waals surface area contributed by atoms with Crippen molar-refractivity contribution >= 4 is 11.6 Å². The van der Waals surface area contributed by atoms with Gasteiger partial charge in [0.05, 0.1) is 13.2 Å². The summed E-state index contributed by atoms with van der Waals surface area (Å²) in [6, 6.07) is 7.68. The topological polar surface area (TPSA) is 58.8 Å². The Morgan fingerprint density at radius 3 is 2.67 bits per heavy atom. The molecule has 1 heterocycles. The van der Waals surface area contributed by atoms with E-state index in [1.54, 1.807) is 7.11 Å². The minimum Gasteiger partial charge on any atom is -0.497 e. The van der Waals surface area contributed by atoms with E-state index in [-0.39, 0.29) is 11.9 Å². The van der Waals surface area contributed by atoms with Gasteiger partial charge in [-0.3, -0.25) is 4.79 Å². The first kappa shape index (κ1) is 15.6. The van der Waals surface area contributed by atoms with E-state index in [1.165, 1.54) is 0 Å². The summed E-state index contributed by atoms with van der Waals surface area (Å²) in [4.78, 5) is 16.4. The molecule has 0 saturated carbocycles. The largest absolute Gasteiger partial charge is 0.497 e. The van der Waals surface area contributed by atoms with Crippen molar-refractivity contribution in [1.29, 1.82) is 0 Å².